The number of piperazine rings is 1. The SMILES string of the molecule is CC(=O)Nc1ccc(SCCCN2CCN(c3ccc(F)cc3)CC2)cc1. The average Bonchev–Trinajstić information content (AvgIpc) is 2.67. The zero-order valence-corrected chi connectivity index (χ0v) is 16.5. The van der Waals surface area contributed by atoms with Crippen LogP contribution in [-0.4, -0.2) is 49.3 Å². The Bertz CT molecular complexity index is 728. The number of rotatable bonds is 7. The van der Waals surface area contributed by atoms with Gasteiger partial charge >= 0.3 is 0 Å². The van der Waals surface area contributed by atoms with Crippen LogP contribution in [0.2, 0.25) is 0 Å². The molecule has 2 aromatic carbocycles. The lowest BCUT2D eigenvalue weighted by Crippen LogP contribution is -2.46. The molecule has 2 aromatic rings. The first kappa shape index (κ1) is 19.7. The summed E-state index contributed by atoms with van der Waals surface area (Å²) >= 11 is 1.85. The minimum Gasteiger partial charge on any atom is -0.369 e. The van der Waals surface area contributed by atoms with Crippen LogP contribution in [0.25, 0.3) is 0 Å². The Labute approximate surface area is 164 Å². The van der Waals surface area contributed by atoms with E-state index in [9.17, 15) is 9.18 Å². The Kier molecular flexibility index (Phi) is 7.12. The molecule has 6 heteroatoms. The Morgan fingerprint density at radius 1 is 1.04 bits per heavy atom. The molecule has 0 spiro atoms. The molecular formula is C21H26FN3OS. The predicted molar refractivity (Wildman–Crippen MR) is 111 cm³/mol. The lowest BCUT2D eigenvalue weighted by Gasteiger charge is -2.36. The Balaban J connectivity index is 1.33. The highest BCUT2D eigenvalue weighted by atomic mass is 32.2. The molecule has 0 unspecified atom stereocenters. The number of nitrogens with zero attached hydrogens (tertiary/aromatic N) is 2. The van der Waals surface area contributed by atoms with E-state index in [1.165, 1.54) is 24.0 Å². The maximum atomic E-state index is 13.0. The highest BCUT2D eigenvalue weighted by molar-refractivity contribution is 7.99. The van der Waals surface area contributed by atoms with Crippen molar-refractivity contribution in [2.45, 2.75) is 18.2 Å². The van der Waals surface area contributed by atoms with Gasteiger partial charge < -0.3 is 10.2 Å². The van der Waals surface area contributed by atoms with Crippen molar-refractivity contribution < 1.29 is 9.18 Å². The minimum atomic E-state index is -0.181. The van der Waals surface area contributed by atoms with E-state index in [0.717, 1.165) is 56.3 Å². The number of amides is 1. The van der Waals surface area contributed by atoms with Crippen LogP contribution in [-0.2, 0) is 4.79 Å². The number of halogens is 1. The fourth-order valence-electron chi connectivity index (χ4n) is 3.20. The molecule has 1 amide bonds. The maximum absolute atomic E-state index is 13.0. The van der Waals surface area contributed by atoms with Crippen molar-refractivity contribution in [3.05, 3.63) is 54.3 Å². The summed E-state index contributed by atoms with van der Waals surface area (Å²) in [6, 6.07) is 14.8. The summed E-state index contributed by atoms with van der Waals surface area (Å²) in [5.74, 6) is 0.854. The molecule has 3 rings (SSSR count). The van der Waals surface area contributed by atoms with Crippen molar-refractivity contribution in [2.24, 2.45) is 0 Å². The molecule has 1 fully saturated rings. The summed E-state index contributed by atoms with van der Waals surface area (Å²) in [6.07, 6.45) is 1.15. The number of anilines is 2. The Hall–Kier alpha value is -2.05. The van der Waals surface area contributed by atoms with Crippen LogP contribution in [0, 0.1) is 5.82 Å². The fraction of sp³-hybridized carbons (Fsp3) is 0.381. The summed E-state index contributed by atoms with van der Waals surface area (Å²) in [6.45, 7) is 6.70. The van der Waals surface area contributed by atoms with Crippen molar-refractivity contribution >= 4 is 29.0 Å². The number of hydrogen-bond donors (Lipinski definition) is 1. The number of carbonyl (C=O) groups is 1. The van der Waals surface area contributed by atoms with E-state index in [1.54, 1.807) is 0 Å². The molecule has 1 aliphatic heterocycles. The van der Waals surface area contributed by atoms with Gasteiger partial charge in [-0.2, -0.15) is 0 Å². The Morgan fingerprint density at radius 3 is 2.33 bits per heavy atom. The highest BCUT2D eigenvalue weighted by Crippen LogP contribution is 2.22. The van der Waals surface area contributed by atoms with Gasteiger partial charge in [-0.05, 0) is 67.2 Å². The smallest absolute Gasteiger partial charge is 0.221 e. The predicted octanol–water partition coefficient (Wildman–Crippen LogP) is 4.09. The number of carbonyl (C=O) groups excluding carboxylic acids is 1. The van der Waals surface area contributed by atoms with Gasteiger partial charge in [-0.15, -0.1) is 11.8 Å². The van der Waals surface area contributed by atoms with E-state index in [1.807, 2.05) is 36.0 Å². The molecule has 1 saturated heterocycles. The molecule has 0 aromatic heterocycles. The summed E-state index contributed by atoms with van der Waals surface area (Å²) in [4.78, 5) is 17.1. The molecule has 1 aliphatic rings. The zero-order valence-electron chi connectivity index (χ0n) is 15.7. The van der Waals surface area contributed by atoms with Crippen LogP contribution in [0.1, 0.15) is 13.3 Å². The van der Waals surface area contributed by atoms with Gasteiger partial charge in [0.2, 0.25) is 5.91 Å². The lowest BCUT2D eigenvalue weighted by atomic mass is 10.2. The van der Waals surface area contributed by atoms with Crippen molar-refractivity contribution in [1.82, 2.24) is 4.90 Å². The van der Waals surface area contributed by atoms with Gasteiger partial charge in [0.15, 0.2) is 0 Å². The Morgan fingerprint density at radius 2 is 1.70 bits per heavy atom. The minimum absolute atomic E-state index is 0.0464. The highest BCUT2D eigenvalue weighted by Gasteiger charge is 2.16. The standard InChI is InChI=1S/C21H26FN3OS/c1-17(26)23-19-5-9-21(10-6-19)27-16-2-11-24-12-14-25(15-13-24)20-7-3-18(22)4-8-20/h3-10H,2,11-16H2,1H3,(H,23,26). The van der Waals surface area contributed by atoms with Crippen molar-refractivity contribution in [2.75, 3.05) is 48.7 Å². The second-order valence-corrected chi connectivity index (χ2v) is 7.88. The van der Waals surface area contributed by atoms with Crippen molar-refractivity contribution in [3.63, 3.8) is 0 Å². The van der Waals surface area contributed by atoms with E-state index in [-0.39, 0.29) is 11.7 Å². The molecule has 1 N–H and O–H groups in total. The third-order valence-corrected chi connectivity index (χ3v) is 5.72. The number of thioether (sulfide) groups is 1. The largest absolute Gasteiger partial charge is 0.369 e. The lowest BCUT2D eigenvalue weighted by molar-refractivity contribution is -0.114. The van der Waals surface area contributed by atoms with Crippen LogP contribution in [0.4, 0.5) is 15.8 Å². The van der Waals surface area contributed by atoms with Crippen LogP contribution < -0.4 is 10.2 Å². The van der Waals surface area contributed by atoms with E-state index in [4.69, 9.17) is 0 Å². The van der Waals surface area contributed by atoms with Gasteiger partial charge in [-0.3, -0.25) is 9.69 Å². The first-order valence-electron chi connectivity index (χ1n) is 9.33. The zero-order chi connectivity index (χ0) is 19.1. The van der Waals surface area contributed by atoms with Gasteiger partial charge in [-0.25, -0.2) is 4.39 Å². The molecule has 0 bridgehead atoms. The van der Waals surface area contributed by atoms with Gasteiger partial charge in [0, 0.05) is 49.4 Å². The van der Waals surface area contributed by atoms with Crippen molar-refractivity contribution in [1.29, 1.82) is 0 Å². The first-order valence-corrected chi connectivity index (χ1v) is 10.3. The molecule has 0 saturated carbocycles. The van der Waals surface area contributed by atoms with Gasteiger partial charge in [0.25, 0.3) is 0 Å². The average molecular weight is 388 g/mol. The molecule has 144 valence electrons. The number of nitrogens with one attached hydrogen (secondary N) is 1. The topological polar surface area (TPSA) is 35.6 Å². The molecule has 0 atom stereocenters. The van der Waals surface area contributed by atoms with Crippen molar-refractivity contribution in [3.8, 4) is 0 Å². The van der Waals surface area contributed by atoms with Crippen LogP contribution in [0.15, 0.2) is 53.4 Å². The number of hydrogen-bond acceptors (Lipinski definition) is 4. The van der Waals surface area contributed by atoms with Gasteiger partial charge in [0.1, 0.15) is 5.82 Å². The summed E-state index contributed by atoms with van der Waals surface area (Å²) in [5.41, 5.74) is 1.94. The summed E-state index contributed by atoms with van der Waals surface area (Å²) < 4.78 is 13.0. The monoisotopic (exact) mass is 387 g/mol. The third kappa shape index (κ3) is 6.26. The quantitative estimate of drug-likeness (QED) is 0.573. The van der Waals surface area contributed by atoms with Crippen LogP contribution in [0.5, 0.6) is 0 Å². The van der Waals surface area contributed by atoms with E-state index < -0.39 is 0 Å². The molecular weight excluding hydrogens is 361 g/mol. The van der Waals surface area contributed by atoms with E-state index in [2.05, 4.69) is 27.2 Å². The second-order valence-electron chi connectivity index (χ2n) is 6.71. The third-order valence-electron chi connectivity index (χ3n) is 4.63. The maximum Gasteiger partial charge on any atom is 0.221 e. The molecule has 1 heterocycles. The molecule has 0 aliphatic carbocycles. The fourth-order valence-corrected chi connectivity index (χ4v) is 4.04. The number of benzene rings is 2. The molecule has 4 nitrogen and oxygen atoms in total. The first-order chi connectivity index (χ1) is 13.1. The summed E-state index contributed by atoms with van der Waals surface area (Å²) in [7, 11) is 0. The van der Waals surface area contributed by atoms with E-state index >= 15 is 0 Å². The second kappa shape index (κ2) is 9.76. The van der Waals surface area contributed by atoms with Gasteiger partial charge in [-0.1, -0.05) is 0 Å². The van der Waals surface area contributed by atoms with Crippen LogP contribution >= 0.6 is 11.8 Å². The van der Waals surface area contributed by atoms with Crippen LogP contribution in [0.3, 0.4) is 0 Å². The van der Waals surface area contributed by atoms with Gasteiger partial charge in [0.05, 0.1) is 0 Å². The normalized spacial score (nSPS) is 15.0. The molecule has 0 radical (unpaired) electrons. The molecule has 27 heavy (non-hydrogen) atoms. The van der Waals surface area contributed by atoms with E-state index in [0.29, 0.717) is 0 Å². The summed E-state index contributed by atoms with van der Waals surface area (Å²) in [5, 5.41) is 2.78.